The predicted octanol–water partition coefficient (Wildman–Crippen LogP) is 3.92. The normalized spacial score (nSPS) is 10.9. The number of hydrogen-bond donors (Lipinski definition) is 0. The van der Waals surface area contributed by atoms with Gasteiger partial charge in [-0.15, -0.1) is 0 Å². The molecule has 0 spiro atoms. The second-order valence-corrected chi connectivity index (χ2v) is 6.06. The van der Waals surface area contributed by atoms with Gasteiger partial charge in [0.05, 0.1) is 19.9 Å². The number of methoxy groups -OCH3 is 2. The average Bonchev–Trinajstić information content (AvgIpc) is 3.07. The first-order valence-corrected chi connectivity index (χ1v) is 8.44. The highest BCUT2D eigenvalue weighted by Crippen LogP contribution is 2.32. The average molecular weight is 329 g/mol. The van der Waals surface area contributed by atoms with E-state index in [1.807, 2.05) is 34.9 Å². The van der Waals surface area contributed by atoms with E-state index >= 15 is 0 Å². The molecule has 0 saturated carbocycles. The summed E-state index contributed by atoms with van der Waals surface area (Å²) < 4.78 is 12.7. The summed E-state index contributed by atoms with van der Waals surface area (Å²) in [5.74, 6) is 2.42. The minimum absolute atomic E-state index is 0.692. The Kier molecular flexibility index (Phi) is 4.71. The van der Waals surface area contributed by atoms with Crippen molar-refractivity contribution < 1.29 is 9.47 Å². The number of thioether (sulfide) groups is 1. The van der Waals surface area contributed by atoms with Crippen LogP contribution in [0.2, 0.25) is 0 Å². The van der Waals surface area contributed by atoms with Crippen LogP contribution in [0.3, 0.4) is 0 Å². The topological polar surface area (TPSA) is 48.7 Å². The van der Waals surface area contributed by atoms with Crippen molar-refractivity contribution in [3.05, 3.63) is 36.7 Å². The molecule has 120 valence electrons. The first kappa shape index (κ1) is 15.7. The molecule has 0 bridgehead atoms. The van der Waals surface area contributed by atoms with Crippen LogP contribution in [0, 0.1) is 0 Å². The molecule has 0 unspecified atom stereocenters. The number of rotatable bonds is 6. The zero-order valence-electron chi connectivity index (χ0n) is 13.4. The van der Waals surface area contributed by atoms with Gasteiger partial charge in [-0.3, -0.25) is 4.40 Å². The lowest BCUT2D eigenvalue weighted by Crippen LogP contribution is -1.97. The highest BCUT2D eigenvalue weighted by atomic mass is 32.2. The fourth-order valence-electron chi connectivity index (χ4n) is 2.33. The molecule has 0 amide bonds. The van der Waals surface area contributed by atoms with Crippen molar-refractivity contribution in [3.63, 3.8) is 0 Å². The quantitative estimate of drug-likeness (QED) is 0.507. The van der Waals surface area contributed by atoms with Gasteiger partial charge in [-0.1, -0.05) is 18.7 Å². The molecule has 0 aliphatic carbocycles. The molecule has 5 nitrogen and oxygen atoms in total. The van der Waals surface area contributed by atoms with Crippen molar-refractivity contribution in [1.82, 2.24) is 14.4 Å². The molecule has 0 radical (unpaired) electrons. The first-order valence-electron chi connectivity index (χ1n) is 7.46. The smallest absolute Gasteiger partial charge is 0.174 e. The van der Waals surface area contributed by atoms with Gasteiger partial charge in [0.1, 0.15) is 5.65 Å². The maximum atomic E-state index is 5.39. The standard InChI is InChI=1S/C17H19N3O2S/c1-4-9-23-17-19-13(11-16-18-7-8-20(16)17)12-5-6-14(21-2)15(10-12)22-3/h5-8,10-11H,4,9H2,1-3H3. The van der Waals surface area contributed by atoms with Crippen LogP contribution in [0.4, 0.5) is 0 Å². The van der Waals surface area contributed by atoms with E-state index in [0.29, 0.717) is 11.5 Å². The molecule has 3 aromatic rings. The van der Waals surface area contributed by atoms with Crippen molar-refractivity contribution in [2.75, 3.05) is 20.0 Å². The number of ether oxygens (including phenoxy) is 2. The third-order valence-electron chi connectivity index (χ3n) is 3.47. The summed E-state index contributed by atoms with van der Waals surface area (Å²) in [6, 6.07) is 7.80. The number of fused-ring (bicyclic) bond motifs is 1. The molecular formula is C17H19N3O2S. The Hall–Kier alpha value is -2.21. The Morgan fingerprint density at radius 3 is 2.70 bits per heavy atom. The first-order chi connectivity index (χ1) is 11.3. The van der Waals surface area contributed by atoms with Crippen LogP contribution in [-0.4, -0.2) is 34.3 Å². The van der Waals surface area contributed by atoms with Gasteiger partial charge in [0.25, 0.3) is 0 Å². The number of imidazole rings is 1. The van der Waals surface area contributed by atoms with Crippen LogP contribution in [0.25, 0.3) is 16.9 Å². The van der Waals surface area contributed by atoms with Crippen molar-refractivity contribution in [1.29, 1.82) is 0 Å². The predicted molar refractivity (Wildman–Crippen MR) is 92.5 cm³/mol. The zero-order chi connectivity index (χ0) is 16.2. The van der Waals surface area contributed by atoms with Crippen LogP contribution in [-0.2, 0) is 0 Å². The molecule has 0 saturated heterocycles. The summed E-state index contributed by atoms with van der Waals surface area (Å²) in [6.45, 7) is 2.16. The van der Waals surface area contributed by atoms with E-state index in [0.717, 1.165) is 34.2 Å². The van der Waals surface area contributed by atoms with Crippen molar-refractivity contribution in [2.45, 2.75) is 18.5 Å². The van der Waals surface area contributed by atoms with Gasteiger partial charge in [-0.05, 0) is 24.6 Å². The molecule has 6 heteroatoms. The summed E-state index contributed by atoms with van der Waals surface area (Å²) in [7, 11) is 3.27. The van der Waals surface area contributed by atoms with Gasteiger partial charge in [-0.2, -0.15) is 0 Å². The summed E-state index contributed by atoms with van der Waals surface area (Å²) in [4.78, 5) is 9.20. The van der Waals surface area contributed by atoms with E-state index in [-0.39, 0.29) is 0 Å². The van der Waals surface area contributed by atoms with Crippen LogP contribution in [0.1, 0.15) is 13.3 Å². The Morgan fingerprint density at radius 2 is 1.96 bits per heavy atom. The molecule has 1 aromatic carbocycles. The van der Waals surface area contributed by atoms with Gasteiger partial charge in [0.2, 0.25) is 0 Å². The van der Waals surface area contributed by atoms with Crippen LogP contribution in [0.5, 0.6) is 11.5 Å². The summed E-state index contributed by atoms with van der Waals surface area (Å²) in [6.07, 6.45) is 4.84. The number of nitrogens with zero attached hydrogens (tertiary/aromatic N) is 3. The highest BCUT2D eigenvalue weighted by molar-refractivity contribution is 7.99. The molecule has 2 aromatic heterocycles. The van der Waals surface area contributed by atoms with Gasteiger partial charge in [0, 0.05) is 29.8 Å². The van der Waals surface area contributed by atoms with Crippen molar-refractivity contribution in [3.8, 4) is 22.8 Å². The van der Waals surface area contributed by atoms with Crippen LogP contribution < -0.4 is 9.47 Å². The fourth-order valence-corrected chi connectivity index (χ4v) is 3.18. The Morgan fingerprint density at radius 1 is 1.13 bits per heavy atom. The SMILES string of the molecule is CCCSc1nc(-c2ccc(OC)c(OC)c2)cc2nccn12. The molecule has 0 atom stereocenters. The van der Waals surface area contributed by atoms with E-state index in [1.54, 1.807) is 32.2 Å². The van der Waals surface area contributed by atoms with E-state index in [9.17, 15) is 0 Å². The molecular weight excluding hydrogens is 310 g/mol. The van der Waals surface area contributed by atoms with E-state index in [2.05, 4.69) is 11.9 Å². The van der Waals surface area contributed by atoms with Crippen LogP contribution >= 0.6 is 11.8 Å². The summed E-state index contributed by atoms with van der Waals surface area (Å²) in [5, 5.41) is 0.951. The second-order valence-electron chi connectivity index (χ2n) is 5.00. The largest absolute Gasteiger partial charge is 0.493 e. The maximum Gasteiger partial charge on any atom is 0.174 e. The van der Waals surface area contributed by atoms with Crippen molar-refractivity contribution >= 4 is 17.4 Å². The summed E-state index contributed by atoms with van der Waals surface area (Å²) >= 11 is 1.74. The van der Waals surface area contributed by atoms with E-state index < -0.39 is 0 Å². The minimum atomic E-state index is 0.692. The lowest BCUT2D eigenvalue weighted by Gasteiger charge is -2.11. The third kappa shape index (κ3) is 3.12. The van der Waals surface area contributed by atoms with E-state index in [4.69, 9.17) is 14.5 Å². The molecule has 0 aliphatic heterocycles. The van der Waals surface area contributed by atoms with Gasteiger partial charge in [-0.25, -0.2) is 9.97 Å². The third-order valence-corrected chi connectivity index (χ3v) is 4.63. The molecule has 0 N–H and O–H groups in total. The molecule has 0 aliphatic rings. The molecule has 23 heavy (non-hydrogen) atoms. The monoisotopic (exact) mass is 329 g/mol. The van der Waals surface area contributed by atoms with Gasteiger partial charge in [0.15, 0.2) is 16.7 Å². The zero-order valence-corrected chi connectivity index (χ0v) is 14.3. The van der Waals surface area contributed by atoms with Gasteiger partial charge >= 0.3 is 0 Å². The number of aromatic nitrogens is 3. The molecule has 3 rings (SSSR count). The molecule has 2 heterocycles. The minimum Gasteiger partial charge on any atom is -0.493 e. The van der Waals surface area contributed by atoms with Crippen LogP contribution in [0.15, 0.2) is 41.8 Å². The number of benzene rings is 1. The lowest BCUT2D eigenvalue weighted by atomic mass is 10.1. The lowest BCUT2D eigenvalue weighted by molar-refractivity contribution is 0.355. The highest BCUT2D eigenvalue weighted by Gasteiger charge is 2.11. The Labute approximate surface area is 139 Å². The fraction of sp³-hybridized carbons (Fsp3) is 0.294. The summed E-state index contributed by atoms with van der Waals surface area (Å²) in [5.41, 5.74) is 2.75. The number of hydrogen-bond acceptors (Lipinski definition) is 5. The Bertz CT molecular complexity index is 817. The maximum absolute atomic E-state index is 5.39. The molecule has 0 fully saturated rings. The van der Waals surface area contributed by atoms with Crippen molar-refractivity contribution in [2.24, 2.45) is 0 Å². The Balaban J connectivity index is 2.08. The van der Waals surface area contributed by atoms with E-state index in [1.165, 1.54) is 0 Å². The van der Waals surface area contributed by atoms with Gasteiger partial charge < -0.3 is 9.47 Å². The second kappa shape index (κ2) is 6.91.